The highest BCUT2D eigenvalue weighted by atomic mass is 19.2. The van der Waals surface area contributed by atoms with Crippen LogP contribution in [0.25, 0.3) is 11.4 Å². The van der Waals surface area contributed by atoms with Crippen LogP contribution in [0.3, 0.4) is 0 Å². The fraction of sp³-hybridized carbons (Fsp3) is 0.333. The maximum absolute atomic E-state index is 13.1. The van der Waals surface area contributed by atoms with Gasteiger partial charge in [-0.05, 0) is 37.6 Å². The van der Waals surface area contributed by atoms with Crippen molar-refractivity contribution >= 4 is 0 Å². The average molecular weight is 250 g/mol. The van der Waals surface area contributed by atoms with Crippen molar-refractivity contribution in [2.75, 3.05) is 6.54 Å². The molecule has 0 bridgehead atoms. The Hall–Kier alpha value is -1.82. The van der Waals surface area contributed by atoms with Crippen molar-refractivity contribution in [1.29, 1.82) is 0 Å². The molecule has 18 heavy (non-hydrogen) atoms. The van der Waals surface area contributed by atoms with E-state index in [1.165, 1.54) is 6.07 Å². The van der Waals surface area contributed by atoms with E-state index in [2.05, 4.69) is 20.5 Å². The molecular weight excluding hydrogens is 238 g/mol. The summed E-state index contributed by atoms with van der Waals surface area (Å²) in [6, 6.07) is 3.82. The topological polar surface area (TPSA) is 53.6 Å². The smallest absolute Gasteiger partial charge is 0.181 e. The summed E-state index contributed by atoms with van der Waals surface area (Å²) in [4.78, 5) is 4.31. The highest BCUT2D eigenvalue weighted by Crippen LogP contribution is 2.23. The minimum absolute atomic E-state index is 0.177. The number of benzene rings is 1. The molecule has 4 nitrogen and oxygen atoms in total. The quantitative estimate of drug-likeness (QED) is 0.858. The molecule has 0 saturated carbocycles. The molecule has 0 spiro atoms. The van der Waals surface area contributed by atoms with E-state index in [0.29, 0.717) is 11.4 Å². The summed E-state index contributed by atoms with van der Waals surface area (Å²) in [5.74, 6) is -0.630. The molecule has 1 aliphatic rings. The number of nitrogens with zero attached hydrogens (tertiary/aromatic N) is 2. The molecule has 2 N–H and O–H groups in total. The maximum Gasteiger partial charge on any atom is 0.181 e. The van der Waals surface area contributed by atoms with Gasteiger partial charge in [0.05, 0.1) is 6.04 Å². The van der Waals surface area contributed by atoms with Gasteiger partial charge in [-0.15, -0.1) is 0 Å². The summed E-state index contributed by atoms with van der Waals surface area (Å²) < 4.78 is 26.0. The molecule has 0 amide bonds. The van der Waals surface area contributed by atoms with Crippen molar-refractivity contribution in [2.45, 2.75) is 18.9 Å². The number of aromatic nitrogens is 3. The first-order chi connectivity index (χ1) is 8.74. The molecule has 94 valence electrons. The minimum Gasteiger partial charge on any atom is -0.307 e. The Kier molecular flexibility index (Phi) is 2.79. The fourth-order valence-corrected chi connectivity index (χ4v) is 2.11. The van der Waals surface area contributed by atoms with E-state index in [9.17, 15) is 8.78 Å². The van der Waals surface area contributed by atoms with E-state index in [4.69, 9.17) is 0 Å². The largest absolute Gasteiger partial charge is 0.307 e. The predicted molar refractivity (Wildman–Crippen MR) is 61.7 cm³/mol. The summed E-state index contributed by atoms with van der Waals surface area (Å²) in [7, 11) is 0. The molecule has 0 aliphatic carbocycles. The molecular formula is C12H12F2N4. The Balaban J connectivity index is 1.89. The van der Waals surface area contributed by atoms with Gasteiger partial charge in [0, 0.05) is 5.56 Å². The molecule has 2 heterocycles. The molecule has 6 heteroatoms. The van der Waals surface area contributed by atoms with Gasteiger partial charge in [-0.25, -0.2) is 13.8 Å². The lowest BCUT2D eigenvalue weighted by Gasteiger charge is -2.03. The van der Waals surface area contributed by atoms with Gasteiger partial charge in [0.1, 0.15) is 5.82 Å². The lowest BCUT2D eigenvalue weighted by molar-refractivity contribution is 0.509. The summed E-state index contributed by atoms with van der Waals surface area (Å²) in [5.41, 5.74) is 0.467. The molecule has 0 radical (unpaired) electrons. The average Bonchev–Trinajstić information content (AvgIpc) is 3.01. The van der Waals surface area contributed by atoms with Crippen molar-refractivity contribution in [2.24, 2.45) is 0 Å². The lowest BCUT2D eigenvalue weighted by atomic mass is 10.2. The third-order valence-corrected chi connectivity index (χ3v) is 3.07. The fourth-order valence-electron chi connectivity index (χ4n) is 2.11. The van der Waals surface area contributed by atoms with Crippen molar-refractivity contribution in [1.82, 2.24) is 20.5 Å². The van der Waals surface area contributed by atoms with Gasteiger partial charge in [0.2, 0.25) is 0 Å². The van der Waals surface area contributed by atoms with Crippen molar-refractivity contribution in [3.05, 3.63) is 35.7 Å². The van der Waals surface area contributed by atoms with E-state index in [1.807, 2.05) is 0 Å². The molecule has 2 aromatic rings. The summed E-state index contributed by atoms with van der Waals surface area (Å²) in [6.45, 7) is 0.964. The van der Waals surface area contributed by atoms with Gasteiger partial charge < -0.3 is 5.32 Å². The van der Waals surface area contributed by atoms with Gasteiger partial charge >= 0.3 is 0 Å². The third-order valence-electron chi connectivity index (χ3n) is 3.07. The standard InChI is InChI=1S/C12H12F2N4/c13-8-4-3-7(6-9(8)14)11-16-12(18-17-11)10-2-1-5-15-10/h3-4,6,10,15H,1-2,5H2,(H,16,17,18). The van der Waals surface area contributed by atoms with Crippen LogP contribution in [0.2, 0.25) is 0 Å². The van der Waals surface area contributed by atoms with Gasteiger partial charge in [-0.3, -0.25) is 5.10 Å². The number of nitrogens with one attached hydrogen (secondary N) is 2. The SMILES string of the molecule is Fc1ccc(-c2n[nH]c(C3CCCN3)n2)cc1F. The van der Waals surface area contributed by atoms with Gasteiger partial charge in [-0.2, -0.15) is 5.10 Å². The second-order valence-electron chi connectivity index (χ2n) is 4.32. The number of halogens is 2. The van der Waals surface area contributed by atoms with Crippen molar-refractivity contribution in [3.63, 3.8) is 0 Å². The molecule has 1 saturated heterocycles. The number of hydrogen-bond acceptors (Lipinski definition) is 3. The molecule has 1 fully saturated rings. The van der Waals surface area contributed by atoms with Crippen LogP contribution in [0.5, 0.6) is 0 Å². The summed E-state index contributed by atoms with van der Waals surface area (Å²) in [5, 5.41) is 10.2. The van der Waals surface area contributed by atoms with Crippen LogP contribution >= 0.6 is 0 Å². The maximum atomic E-state index is 13.1. The first-order valence-corrected chi connectivity index (χ1v) is 5.85. The monoisotopic (exact) mass is 250 g/mol. The zero-order valence-corrected chi connectivity index (χ0v) is 9.58. The van der Waals surface area contributed by atoms with E-state index < -0.39 is 11.6 Å². The highest BCUT2D eigenvalue weighted by molar-refractivity contribution is 5.54. The van der Waals surface area contributed by atoms with Crippen LogP contribution < -0.4 is 5.32 Å². The van der Waals surface area contributed by atoms with Crippen LogP contribution in [0.4, 0.5) is 8.78 Å². The zero-order valence-electron chi connectivity index (χ0n) is 9.58. The van der Waals surface area contributed by atoms with Crippen LogP contribution in [0.15, 0.2) is 18.2 Å². The first kappa shape index (κ1) is 11.3. The number of hydrogen-bond donors (Lipinski definition) is 2. The molecule has 1 atom stereocenters. The Morgan fingerprint density at radius 2 is 2.11 bits per heavy atom. The Morgan fingerprint density at radius 3 is 2.83 bits per heavy atom. The number of rotatable bonds is 2. The third kappa shape index (κ3) is 1.99. The Labute approximate surface area is 102 Å². The number of H-pyrrole nitrogens is 1. The highest BCUT2D eigenvalue weighted by Gasteiger charge is 2.20. The molecule has 1 aromatic carbocycles. The van der Waals surface area contributed by atoms with E-state index in [-0.39, 0.29) is 6.04 Å². The van der Waals surface area contributed by atoms with Gasteiger partial charge in [-0.1, -0.05) is 0 Å². The van der Waals surface area contributed by atoms with Crippen molar-refractivity contribution < 1.29 is 8.78 Å². The predicted octanol–water partition coefficient (Wildman–Crippen LogP) is 2.17. The van der Waals surface area contributed by atoms with Crippen LogP contribution in [0.1, 0.15) is 24.7 Å². The molecule has 1 unspecified atom stereocenters. The van der Waals surface area contributed by atoms with E-state index in [0.717, 1.165) is 37.3 Å². The van der Waals surface area contributed by atoms with Gasteiger partial charge in [0.15, 0.2) is 17.5 Å². The zero-order chi connectivity index (χ0) is 12.5. The van der Waals surface area contributed by atoms with E-state index >= 15 is 0 Å². The van der Waals surface area contributed by atoms with Crippen LogP contribution in [-0.4, -0.2) is 21.7 Å². The molecule has 1 aromatic heterocycles. The number of aromatic amines is 1. The Morgan fingerprint density at radius 1 is 1.22 bits per heavy atom. The van der Waals surface area contributed by atoms with Crippen molar-refractivity contribution in [3.8, 4) is 11.4 Å². The first-order valence-electron chi connectivity index (χ1n) is 5.85. The van der Waals surface area contributed by atoms with Crippen LogP contribution in [0, 0.1) is 11.6 Å². The lowest BCUT2D eigenvalue weighted by Crippen LogP contribution is -2.14. The van der Waals surface area contributed by atoms with Crippen LogP contribution in [-0.2, 0) is 0 Å². The van der Waals surface area contributed by atoms with Gasteiger partial charge in [0.25, 0.3) is 0 Å². The summed E-state index contributed by atoms with van der Waals surface area (Å²) in [6.07, 6.45) is 2.11. The minimum atomic E-state index is -0.891. The van der Waals surface area contributed by atoms with E-state index in [1.54, 1.807) is 0 Å². The summed E-state index contributed by atoms with van der Waals surface area (Å²) >= 11 is 0. The molecule has 3 rings (SSSR count). The normalized spacial score (nSPS) is 19.3. The second-order valence-corrected chi connectivity index (χ2v) is 4.32. The second kappa shape index (κ2) is 4.45. The molecule has 1 aliphatic heterocycles. The Bertz CT molecular complexity index is 561.